The molecule has 0 bridgehead atoms. The number of nitrogens with zero attached hydrogens (tertiary/aromatic N) is 1. The van der Waals surface area contributed by atoms with Gasteiger partial charge in [-0.05, 0) is 93.8 Å². The lowest BCUT2D eigenvalue weighted by Crippen LogP contribution is -2.16. The van der Waals surface area contributed by atoms with Gasteiger partial charge in [-0.15, -0.1) is 0 Å². The third-order valence-electron chi connectivity index (χ3n) is 6.16. The Morgan fingerprint density at radius 1 is 0.588 bits per heavy atom. The summed E-state index contributed by atoms with van der Waals surface area (Å²) in [4.78, 5) is 2.04. The van der Waals surface area contributed by atoms with Crippen molar-refractivity contribution in [3.05, 3.63) is 94.5 Å². The molecule has 0 radical (unpaired) electrons. The molecule has 0 saturated carbocycles. The van der Waals surface area contributed by atoms with E-state index < -0.39 is 0 Å². The van der Waals surface area contributed by atoms with Crippen molar-refractivity contribution in [2.45, 2.75) is 34.6 Å². The molecule has 4 rings (SSSR count). The second kappa shape index (κ2) is 9.02. The van der Waals surface area contributed by atoms with Crippen LogP contribution in [-0.2, 0) is 0 Å². The number of ether oxygens (including phenoxy) is 1. The molecule has 5 nitrogen and oxygen atoms in total. The Kier molecular flexibility index (Phi) is 6.12. The van der Waals surface area contributed by atoms with Gasteiger partial charge < -0.3 is 25.0 Å². The first-order chi connectivity index (χ1) is 16.2. The molecule has 5 heteroatoms. The van der Waals surface area contributed by atoms with E-state index in [-0.39, 0.29) is 17.2 Å². The summed E-state index contributed by atoms with van der Waals surface area (Å²) in [7, 11) is 0. The molecule has 3 N–H and O–H groups in total. The normalized spacial score (nSPS) is 10.9. The molecular weight excluding hydrogens is 426 g/mol. The third-order valence-corrected chi connectivity index (χ3v) is 6.16. The van der Waals surface area contributed by atoms with Crippen molar-refractivity contribution in [3.63, 3.8) is 0 Å². The van der Waals surface area contributed by atoms with E-state index in [9.17, 15) is 15.3 Å². The minimum absolute atomic E-state index is 0.189. The largest absolute Gasteiger partial charge is 0.508 e. The molecule has 174 valence electrons. The van der Waals surface area contributed by atoms with Gasteiger partial charge in [-0.2, -0.15) is 0 Å². The predicted octanol–water partition coefficient (Wildman–Crippen LogP) is 7.61. The SMILES string of the molecule is Cc1cc(Oc2ccccc2N(c2c(C)ccc(O)c2C)c2c(C)ccc(O)c2C)ccc1O. The van der Waals surface area contributed by atoms with E-state index in [0.29, 0.717) is 17.1 Å². The number of phenols is 3. The van der Waals surface area contributed by atoms with Crippen LogP contribution in [0.15, 0.2) is 66.7 Å². The van der Waals surface area contributed by atoms with Crippen molar-refractivity contribution < 1.29 is 20.1 Å². The van der Waals surface area contributed by atoms with Crippen molar-refractivity contribution in [3.8, 4) is 28.7 Å². The molecular formula is C29H29NO4. The zero-order chi connectivity index (χ0) is 24.6. The van der Waals surface area contributed by atoms with E-state index >= 15 is 0 Å². The first-order valence-corrected chi connectivity index (χ1v) is 11.1. The van der Waals surface area contributed by atoms with E-state index in [2.05, 4.69) is 0 Å². The Morgan fingerprint density at radius 3 is 1.68 bits per heavy atom. The van der Waals surface area contributed by atoms with Gasteiger partial charge in [-0.3, -0.25) is 0 Å². The van der Waals surface area contributed by atoms with Crippen LogP contribution >= 0.6 is 0 Å². The number of aromatic hydroxyl groups is 3. The summed E-state index contributed by atoms with van der Waals surface area (Å²) in [5, 5.41) is 31.1. The minimum Gasteiger partial charge on any atom is -0.508 e. The predicted molar refractivity (Wildman–Crippen MR) is 136 cm³/mol. The number of aryl methyl sites for hydroxylation is 3. The van der Waals surface area contributed by atoms with Crippen molar-refractivity contribution in [2.75, 3.05) is 4.90 Å². The first kappa shape index (κ1) is 23.1. The number of rotatable bonds is 5. The van der Waals surface area contributed by atoms with Crippen LogP contribution in [0.5, 0.6) is 28.7 Å². The van der Waals surface area contributed by atoms with Crippen LogP contribution in [0.3, 0.4) is 0 Å². The van der Waals surface area contributed by atoms with E-state index in [4.69, 9.17) is 4.74 Å². The number of hydrogen-bond acceptors (Lipinski definition) is 5. The van der Waals surface area contributed by atoms with Gasteiger partial charge in [-0.1, -0.05) is 24.3 Å². The van der Waals surface area contributed by atoms with E-state index in [0.717, 1.165) is 39.3 Å². The number of hydrogen-bond donors (Lipinski definition) is 3. The molecule has 0 aliphatic carbocycles. The number of para-hydroxylation sites is 2. The lowest BCUT2D eigenvalue weighted by molar-refractivity contribution is 0.461. The van der Waals surface area contributed by atoms with Crippen molar-refractivity contribution in [1.29, 1.82) is 0 Å². The van der Waals surface area contributed by atoms with Gasteiger partial charge >= 0.3 is 0 Å². The molecule has 0 heterocycles. The summed E-state index contributed by atoms with van der Waals surface area (Å²) in [5.41, 5.74) is 6.47. The average Bonchev–Trinajstić information content (AvgIpc) is 2.81. The van der Waals surface area contributed by atoms with Gasteiger partial charge in [0.05, 0.1) is 17.1 Å². The fourth-order valence-corrected chi connectivity index (χ4v) is 4.24. The van der Waals surface area contributed by atoms with E-state index in [1.54, 1.807) is 30.3 Å². The summed E-state index contributed by atoms with van der Waals surface area (Å²) in [6.07, 6.45) is 0. The third kappa shape index (κ3) is 4.13. The van der Waals surface area contributed by atoms with Crippen LogP contribution in [0.25, 0.3) is 0 Å². The quantitative estimate of drug-likeness (QED) is 0.289. The van der Waals surface area contributed by atoms with Crippen LogP contribution in [0.4, 0.5) is 17.1 Å². The van der Waals surface area contributed by atoms with Crippen molar-refractivity contribution >= 4 is 17.1 Å². The fraction of sp³-hybridized carbons (Fsp3) is 0.172. The van der Waals surface area contributed by atoms with Gasteiger partial charge in [0.25, 0.3) is 0 Å². The Morgan fingerprint density at radius 2 is 1.12 bits per heavy atom. The lowest BCUT2D eigenvalue weighted by atomic mass is 10.0. The van der Waals surface area contributed by atoms with E-state index in [1.165, 1.54) is 0 Å². The van der Waals surface area contributed by atoms with Gasteiger partial charge in [-0.25, -0.2) is 0 Å². The fourth-order valence-electron chi connectivity index (χ4n) is 4.24. The maximum Gasteiger partial charge on any atom is 0.151 e. The lowest BCUT2D eigenvalue weighted by Gasteiger charge is -2.32. The molecule has 0 unspecified atom stereocenters. The number of phenolic OH excluding ortho intramolecular Hbond substituents is 3. The summed E-state index contributed by atoms with van der Waals surface area (Å²) in [6.45, 7) is 9.57. The highest BCUT2D eigenvalue weighted by Crippen LogP contribution is 2.48. The van der Waals surface area contributed by atoms with Gasteiger partial charge in [0.1, 0.15) is 23.0 Å². The standard InChI is InChI=1S/C29H29NO4/c1-17-10-13-25(32)20(4)28(17)30(29-18(2)11-14-26(33)21(29)5)23-8-6-7-9-27(23)34-22-12-15-24(31)19(3)16-22/h6-16,31-33H,1-5H3. The van der Waals surface area contributed by atoms with Gasteiger partial charge in [0.2, 0.25) is 0 Å². The Hall–Kier alpha value is -4.12. The second-order valence-corrected chi connectivity index (χ2v) is 8.60. The highest BCUT2D eigenvalue weighted by atomic mass is 16.5. The summed E-state index contributed by atoms with van der Waals surface area (Å²) >= 11 is 0. The van der Waals surface area contributed by atoms with Crippen LogP contribution in [0.2, 0.25) is 0 Å². The highest BCUT2D eigenvalue weighted by molar-refractivity contribution is 5.87. The smallest absolute Gasteiger partial charge is 0.151 e. The monoisotopic (exact) mass is 455 g/mol. The van der Waals surface area contributed by atoms with E-state index in [1.807, 2.05) is 75.9 Å². The average molecular weight is 456 g/mol. The molecule has 0 saturated heterocycles. The van der Waals surface area contributed by atoms with Crippen LogP contribution in [0.1, 0.15) is 27.8 Å². The summed E-state index contributed by atoms with van der Waals surface area (Å²) in [5.74, 6) is 1.77. The van der Waals surface area contributed by atoms with Crippen molar-refractivity contribution in [2.24, 2.45) is 0 Å². The summed E-state index contributed by atoms with van der Waals surface area (Å²) < 4.78 is 6.31. The molecule has 0 atom stereocenters. The zero-order valence-corrected chi connectivity index (χ0v) is 20.0. The highest BCUT2D eigenvalue weighted by Gasteiger charge is 2.25. The molecule has 0 aliphatic rings. The minimum atomic E-state index is 0.189. The summed E-state index contributed by atoms with van der Waals surface area (Å²) in [6, 6.07) is 19.9. The molecule has 0 fully saturated rings. The van der Waals surface area contributed by atoms with Gasteiger partial charge in [0, 0.05) is 11.1 Å². The van der Waals surface area contributed by atoms with Crippen LogP contribution in [-0.4, -0.2) is 15.3 Å². The second-order valence-electron chi connectivity index (χ2n) is 8.60. The van der Waals surface area contributed by atoms with Crippen molar-refractivity contribution in [1.82, 2.24) is 0 Å². The zero-order valence-electron chi connectivity index (χ0n) is 20.0. The molecule has 4 aromatic rings. The molecule has 0 spiro atoms. The van der Waals surface area contributed by atoms with Crippen LogP contribution in [0, 0.1) is 34.6 Å². The molecule has 0 aromatic heterocycles. The first-order valence-electron chi connectivity index (χ1n) is 11.1. The molecule has 4 aromatic carbocycles. The van der Waals surface area contributed by atoms with Crippen LogP contribution < -0.4 is 9.64 Å². The Bertz CT molecular complexity index is 1320. The maximum absolute atomic E-state index is 10.6. The number of anilines is 3. The molecule has 0 amide bonds. The topological polar surface area (TPSA) is 73.2 Å². The maximum atomic E-state index is 10.6. The Balaban J connectivity index is 2.00. The molecule has 0 aliphatic heterocycles. The Labute approximate surface area is 200 Å². The van der Waals surface area contributed by atoms with Gasteiger partial charge in [0.15, 0.2) is 5.75 Å². The molecule has 34 heavy (non-hydrogen) atoms. The number of benzene rings is 4.